The van der Waals surface area contributed by atoms with Crippen molar-refractivity contribution in [3.05, 3.63) is 66.2 Å². The SMILES string of the molecule is CC(C)CC1C=C(c2cccc(-c3ccccc3)c2)NCC1. The summed E-state index contributed by atoms with van der Waals surface area (Å²) in [5.41, 5.74) is 5.16. The maximum absolute atomic E-state index is 3.58. The molecule has 1 aliphatic heterocycles. The molecule has 0 spiro atoms. The zero-order valence-electron chi connectivity index (χ0n) is 13.5. The summed E-state index contributed by atoms with van der Waals surface area (Å²) >= 11 is 0. The minimum absolute atomic E-state index is 0.705. The van der Waals surface area contributed by atoms with E-state index in [1.807, 2.05) is 0 Å². The smallest absolute Gasteiger partial charge is 0.0376 e. The van der Waals surface area contributed by atoms with Crippen LogP contribution in [-0.2, 0) is 0 Å². The molecule has 0 fully saturated rings. The van der Waals surface area contributed by atoms with Crippen LogP contribution in [0.1, 0.15) is 32.3 Å². The van der Waals surface area contributed by atoms with Gasteiger partial charge in [0, 0.05) is 12.2 Å². The van der Waals surface area contributed by atoms with Crippen LogP contribution in [0.15, 0.2) is 60.7 Å². The van der Waals surface area contributed by atoms with Gasteiger partial charge in [0.25, 0.3) is 0 Å². The zero-order valence-corrected chi connectivity index (χ0v) is 13.5. The van der Waals surface area contributed by atoms with Crippen molar-refractivity contribution in [1.29, 1.82) is 0 Å². The molecule has 22 heavy (non-hydrogen) atoms. The van der Waals surface area contributed by atoms with E-state index in [1.165, 1.54) is 35.2 Å². The molecular formula is C21H25N. The van der Waals surface area contributed by atoms with Crippen LogP contribution >= 0.6 is 0 Å². The van der Waals surface area contributed by atoms with Crippen LogP contribution in [0.4, 0.5) is 0 Å². The molecule has 114 valence electrons. The van der Waals surface area contributed by atoms with E-state index < -0.39 is 0 Å². The Labute approximate surface area is 134 Å². The zero-order chi connectivity index (χ0) is 15.4. The third-order valence-electron chi connectivity index (χ3n) is 4.29. The van der Waals surface area contributed by atoms with Crippen LogP contribution < -0.4 is 5.32 Å². The quantitative estimate of drug-likeness (QED) is 0.800. The summed E-state index contributed by atoms with van der Waals surface area (Å²) in [7, 11) is 0. The number of hydrogen-bond acceptors (Lipinski definition) is 1. The molecule has 0 radical (unpaired) electrons. The third kappa shape index (κ3) is 3.59. The Morgan fingerprint density at radius 3 is 2.45 bits per heavy atom. The topological polar surface area (TPSA) is 12.0 Å². The van der Waals surface area contributed by atoms with Crippen molar-refractivity contribution < 1.29 is 0 Å². The second kappa shape index (κ2) is 6.83. The fraction of sp³-hybridized carbons (Fsp3) is 0.333. The van der Waals surface area contributed by atoms with Crippen molar-refractivity contribution in [2.45, 2.75) is 26.7 Å². The molecule has 1 heteroatoms. The highest BCUT2D eigenvalue weighted by atomic mass is 14.9. The highest BCUT2D eigenvalue weighted by molar-refractivity contribution is 5.72. The summed E-state index contributed by atoms with van der Waals surface area (Å²) in [4.78, 5) is 0. The number of rotatable bonds is 4. The van der Waals surface area contributed by atoms with Crippen LogP contribution in [0.25, 0.3) is 16.8 Å². The van der Waals surface area contributed by atoms with Crippen LogP contribution in [0.3, 0.4) is 0 Å². The van der Waals surface area contributed by atoms with E-state index in [4.69, 9.17) is 0 Å². The fourth-order valence-electron chi connectivity index (χ4n) is 3.26. The fourth-order valence-corrected chi connectivity index (χ4v) is 3.26. The van der Waals surface area contributed by atoms with Gasteiger partial charge in [-0.2, -0.15) is 0 Å². The lowest BCUT2D eigenvalue weighted by atomic mass is 9.89. The molecule has 1 N–H and O–H groups in total. The summed E-state index contributed by atoms with van der Waals surface area (Å²) in [6, 6.07) is 19.5. The van der Waals surface area contributed by atoms with E-state index in [9.17, 15) is 0 Å². The molecule has 1 heterocycles. The van der Waals surface area contributed by atoms with E-state index in [0.717, 1.165) is 12.5 Å². The van der Waals surface area contributed by atoms with Crippen molar-refractivity contribution in [2.75, 3.05) is 6.54 Å². The molecule has 0 saturated heterocycles. The third-order valence-corrected chi connectivity index (χ3v) is 4.29. The Balaban J connectivity index is 1.87. The second-order valence-corrected chi connectivity index (χ2v) is 6.63. The molecule has 0 amide bonds. The van der Waals surface area contributed by atoms with Gasteiger partial charge in [-0.15, -0.1) is 0 Å². The van der Waals surface area contributed by atoms with E-state index in [0.29, 0.717) is 5.92 Å². The molecule has 1 atom stereocenters. The largest absolute Gasteiger partial charge is 0.385 e. The molecular weight excluding hydrogens is 266 g/mol. The number of nitrogens with one attached hydrogen (secondary N) is 1. The minimum atomic E-state index is 0.705. The van der Waals surface area contributed by atoms with Crippen LogP contribution in [0.5, 0.6) is 0 Å². The molecule has 0 aliphatic carbocycles. The van der Waals surface area contributed by atoms with Gasteiger partial charge in [0.05, 0.1) is 0 Å². The Bertz CT molecular complexity index is 640. The maximum atomic E-state index is 3.58. The van der Waals surface area contributed by atoms with Crippen LogP contribution in [0.2, 0.25) is 0 Å². The van der Waals surface area contributed by atoms with E-state index in [1.54, 1.807) is 0 Å². The van der Waals surface area contributed by atoms with E-state index >= 15 is 0 Å². The lowest BCUT2D eigenvalue weighted by molar-refractivity contribution is 0.439. The van der Waals surface area contributed by atoms with Gasteiger partial charge >= 0.3 is 0 Å². The van der Waals surface area contributed by atoms with Crippen LogP contribution in [0, 0.1) is 11.8 Å². The van der Waals surface area contributed by atoms with Gasteiger partial charge in [-0.05, 0) is 47.4 Å². The van der Waals surface area contributed by atoms with Gasteiger partial charge in [-0.1, -0.05) is 68.5 Å². The number of benzene rings is 2. The van der Waals surface area contributed by atoms with Crippen molar-refractivity contribution in [3.8, 4) is 11.1 Å². The Morgan fingerprint density at radius 1 is 0.955 bits per heavy atom. The van der Waals surface area contributed by atoms with Gasteiger partial charge in [-0.3, -0.25) is 0 Å². The normalized spacial score (nSPS) is 18.0. The van der Waals surface area contributed by atoms with Gasteiger partial charge < -0.3 is 5.32 Å². The summed E-state index contributed by atoms with van der Waals surface area (Å²) in [5.74, 6) is 1.47. The maximum Gasteiger partial charge on any atom is 0.0376 e. The van der Waals surface area contributed by atoms with Gasteiger partial charge in [0.2, 0.25) is 0 Å². The monoisotopic (exact) mass is 291 g/mol. The number of allylic oxidation sites excluding steroid dienone is 1. The Morgan fingerprint density at radius 2 is 1.68 bits per heavy atom. The molecule has 0 bridgehead atoms. The predicted octanol–water partition coefficient (Wildman–Crippen LogP) is 5.35. The van der Waals surface area contributed by atoms with E-state index in [2.05, 4.69) is 79.8 Å². The van der Waals surface area contributed by atoms with Gasteiger partial charge in [-0.25, -0.2) is 0 Å². The van der Waals surface area contributed by atoms with Crippen LogP contribution in [-0.4, -0.2) is 6.54 Å². The summed E-state index contributed by atoms with van der Waals surface area (Å²) in [6.07, 6.45) is 4.97. The molecule has 1 unspecified atom stereocenters. The minimum Gasteiger partial charge on any atom is -0.385 e. The first-order valence-electron chi connectivity index (χ1n) is 8.34. The summed E-state index contributed by atoms with van der Waals surface area (Å²) in [5, 5.41) is 3.58. The molecule has 1 aliphatic rings. The molecule has 2 aromatic rings. The summed E-state index contributed by atoms with van der Waals surface area (Å²) < 4.78 is 0. The van der Waals surface area contributed by atoms with Crippen molar-refractivity contribution >= 4 is 5.70 Å². The molecule has 3 rings (SSSR count). The highest BCUT2D eigenvalue weighted by Crippen LogP contribution is 2.27. The standard InChI is InChI=1S/C21H25N/c1-16(2)13-17-11-12-22-21(14-17)20-10-6-9-19(15-20)18-7-4-3-5-8-18/h3-10,14-17,22H,11-13H2,1-2H3. The predicted molar refractivity (Wildman–Crippen MR) is 95.4 cm³/mol. The lowest BCUT2D eigenvalue weighted by Gasteiger charge is -2.24. The average molecular weight is 291 g/mol. The summed E-state index contributed by atoms with van der Waals surface area (Å²) in [6.45, 7) is 5.70. The van der Waals surface area contributed by atoms with Gasteiger partial charge in [0.15, 0.2) is 0 Å². The lowest BCUT2D eigenvalue weighted by Crippen LogP contribution is -2.23. The molecule has 1 nitrogen and oxygen atoms in total. The first kappa shape index (κ1) is 14.9. The average Bonchev–Trinajstić information content (AvgIpc) is 2.55. The highest BCUT2D eigenvalue weighted by Gasteiger charge is 2.15. The van der Waals surface area contributed by atoms with Crippen molar-refractivity contribution in [3.63, 3.8) is 0 Å². The molecule has 2 aromatic carbocycles. The Kier molecular flexibility index (Phi) is 4.62. The van der Waals surface area contributed by atoms with Crippen molar-refractivity contribution in [2.24, 2.45) is 11.8 Å². The second-order valence-electron chi connectivity index (χ2n) is 6.63. The first-order valence-corrected chi connectivity index (χ1v) is 8.34. The Hall–Kier alpha value is -2.02. The molecule has 0 saturated carbocycles. The van der Waals surface area contributed by atoms with Crippen molar-refractivity contribution in [1.82, 2.24) is 5.32 Å². The first-order chi connectivity index (χ1) is 10.7. The van der Waals surface area contributed by atoms with Gasteiger partial charge in [0.1, 0.15) is 0 Å². The van der Waals surface area contributed by atoms with E-state index in [-0.39, 0.29) is 0 Å². The molecule has 0 aromatic heterocycles. The number of hydrogen-bond donors (Lipinski definition) is 1.